The molecule has 1 unspecified atom stereocenters. The molecule has 0 amide bonds. The first-order valence-corrected chi connectivity index (χ1v) is 9.99. The Morgan fingerprint density at radius 1 is 1.21 bits per heavy atom. The molecule has 2 heterocycles. The molecule has 1 aliphatic heterocycles. The van der Waals surface area contributed by atoms with Crippen LogP contribution in [-0.4, -0.2) is 43.0 Å². The Morgan fingerprint density at radius 3 is 2.67 bits per heavy atom. The molecule has 2 aromatic rings. The van der Waals surface area contributed by atoms with Crippen LogP contribution in [0.3, 0.4) is 0 Å². The summed E-state index contributed by atoms with van der Waals surface area (Å²) in [5.74, 6) is 2.15. The fraction of sp³-hybridized carbons (Fsp3) is 0.412. The molecule has 0 saturated carbocycles. The lowest BCUT2D eigenvalue weighted by molar-refractivity contribution is 0.533. The van der Waals surface area contributed by atoms with Gasteiger partial charge >= 0.3 is 0 Å². The number of benzene rings is 1. The predicted molar refractivity (Wildman–Crippen MR) is 96.6 cm³/mol. The van der Waals surface area contributed by atoms with E-state index in [2.05, 4.69) is 15.3 Å². The largest absolute Gasteiger partial charge is 0.355 e. The van der Waals surface area contributed by atoms with Gasteiger partial charge in [0.15, 0.2) is 9.84 Å². The predicted octanol–water partition coefficient (Wildman–Crippen LogP) is 2.54. The van der Waals surface area contributed by atoms with Crippen LogP contribution in [-0.2, 0) is 9.84 Å². The van der Waals surface area contributed by atoms with Gasteiger partial charge in [-0.15, -0.1) is 0 Å². The van der Waals surface area contributed by atoms with Crippen LogP contribution in [0.25, 0.3) is 0 Å². The van der Waals surface area contributed by atoms with Crippen LogP contribution in [0.5, 0.6) is 0 Å². The smallest absolute Gasteiger partial charge is 0.152 e. The van der Waals surface area contributed by atoms with Crippen molar-refractivity contribution in [2.24, 2.45) is 0 Å². The molecular formula is C17H22N4O2S. The summed E-state index contributed by atoms with van der Waals surface area (Å²) in [5, 5.41) is 2.94. The number of nitrogens with one attached hydrogen (secondary N) is 1. The number of aromatic nitrogens is 2. The number of hydrogen-bond donors (Lipinski definition) is 1. The van der Waals surface area contributed by atoms with Crippen LogP contribution in [0.15, 0.2) is 36.4 Å². The lowest BCUT2D eigenvalue weighted by atomic mass is 10.1. The second kappa shape index (κ2) is 6.76. The standard InChI is InChI=1S/C17H22N4O2S/c1-13-18-16(20-14-7-4-3-5-8-14)11-17(19-13)21-10-6-9-15(12-21)24(2,22)23/h3-5,7-8,11,15H,6,9-10,12H2,1-2H3,(H,18,19,20). The fourth-order valence-corrected chi connectivity index (χ4v) is 3.99. The quantitative estimate of drug-likeness (QED) is 0.917. The molecule has 1 N–H and O–H groups in total. The highest BCUT2D eigenvalue weighted by Crippen LogP contribution is 2.24. The minimum absolute atomic E-state index is 0.327. The topological polar surface area (TPSA) is 75.2 Å². The Balaban J connectivity index is 1.83. The molecule has 1 saturated heterocycles. The van der Waals surface area contributed by atoms with E-state index in [0.717, 1.165) is 24.5 Å². The molecule has 0 bridgehead atoms. The zero-order valence-electron chi connectivity index (χ0n) is 13.9. The first-order chi connectivity index (χ1) is 11.4. The molecule has 1 aliphatic rings. The third-order valence-electron chi connectivity index (χ3n) is 4.18. The summed E-state index contributed by atoms with van der Waals surface area (Å²) < 4.78 is 23.7. The van der Waals surface area contributed by atoms with Crippen molar-refractivity contribution < 1.29 is 8.42 Å². The van der Waals surface area contributed by atoms with E-state index in [-0.39, 0.29) is 5.25 Å². The summed E-state index contributed by atoms with van der Waals surface area (Å²) in [7, 11) is -3.04. The van der Waals surface area contributed by atoms with E-state index < -0.39 is 9.84 Å². The second-order valence-electron chi connectivity index (χ2n) is 6.19. The number of piperidine rings is 1. The van der Waals surface area contributed by atoms with Crippen molar-refractivity contribution in [2.75, 3.05) is 29.6 Å². The van der Waals surface area contributed by atoms with E-state index >= 15 is 0 Å². The number of nitrogens with zero attached hydrogens (tertiary/aromatic N) is 3. The Kier molecular flexibility index (Phi) is 4.71. The Bertz CT molecular complexity index is 809. The molecule has 7 heteroatoms. The summed E-state index contributed by atoms with van der Waals surface area (Å²) in [6, 6.07) is 11.7. The van der Waals surface area contributed by atoms with Crippen molar-refractivity contribution in [1.82, 2.24) is 9.97 Å². The van der Waals surface area contributed by atoms with Crippen LogP contribution < -0.4 is 10.2 Å². The summed E-state index contributed by atoms with van der Waals surface area (Å²) >= 11 is 0. The van der Waals surface area contributed by atoms with Gasteiger partial charge in [-0.25, -0.2) is 18.4 Å². The molecular weight excluding hydrogens is 324 g/mol. The van der Waals surface area contributed by atoms with Gasteiger partial charge in [-0.05, 0) is 31.9 Å². The van der Waals surface area contributed by atoms with Gasteiger partial charge < -0.3 is 10.2 Å². The van der Waals surface area contributed by atoms with Crippen molar-refractivity contribution in [3.8, 4) is 0 Å². The summed E-state index contributed by atoms with van der Waals surface area (Å²) in [5.41, 5.74) is 0.953. The SMILES string of the molecule is Cc1nc(Nc2ccccc2)cc(N2CCCC(S(C)(=O)=O)C2)n1. The van der Waals surface area contributed by atoms with Crippen molar-refractivity contribution >= 4 is 27.2 Å². The van der Waals surface area contributed by atoms with E-state index in [0.29, 0.717) is 24.6 Å². The van der Waals surface area contributed by atoms with Gasteiger partial charge in [-0.1, -0.05) is 18.2 Å². The Morgan fingerprint density at radius 2 is 1.96 bits per heavy atom. The van der Waals surface area contributed by atoms with Gasteiger partial charge in [-0.2, -0.15) is 0 Å². The Labute approximate surface area is 142 Å². The highest BCUT2D eigenvalue weighted by atomic mass is 32.2. The first kappa shape index (κ1) is 16.7. The molecule has 1 fully saturated rings. The van der Waals surface area contributed by atoms with Crippen molar-refractivity contribution in [3.63, 3.8) is 0 Å². The van der Waals surface area contributed by atoms with Crippen molar-refractivity contribution in [1.29, 1.82) is 0 Å². The van der Waals surface area contributed by atoms with Crippen LogP contribution in [0, 0.1) is 6.92 Å². The number of rotatable bonds is 4. The summed E-state index contributed by atoms with van der Waals surface area (Å²) in [6.07, 6.45) is 2.88. The number of para-hydroxylation sites is 1. The van der Waals surface area contributed by atoms with E-state index in [1.807, 2.05) is 48.2 Å². The number of hydrogen-bond acceptors (Lipinski definition) is 6. The van der Waals surface area contributed by atoms with Crippen LogP contribution >= 0.6 is 0 Å². The van der Waals surface area contributed by atoms with Crippen LogP contribution in [0.4, 0.5) is 17.3 Å². The van der Waals surface area contributed by atoms with Gasteiger partial charge in [0.25, 0.3) is 0 Å². The lowest BCUT2D eigenvalue weighted by Crippen LogP contribution is -2.42. The maximum Gasteiger partial charge on any atom is 0.152 e. The average molecular weight is 346 g/mol. The average Bonchev–Trinajstić information content (AvgIpc) is 2.54. The zero-order valence-corrected chi connectivity index (χ0v) is 14.8. The van der Waals surface area contributed by atoms with Crippen molar-refractivity contribution in [2.45, 2.75) is 25.0 Å². The normalized spacial score (nSPS) is 18.4. The third kappa shape index (κ3) is 4.03. The summed E-state index contributed by atoms with van der Waals surface area (Å²) in [4.78, 5) is 11.0. The van der Waals surface area contributed by atoms with Crippen LogP contribution in [0.1, 0.15) is 18.7 Å². The van der Waals surface area contributed by atoms with Gasteiger partial charge in [0.1, 0.15) is 17.5 Å². The van der Waals surface area contributed by atoms with Crippen LogP contribution in [0.2, 0.25) is 0 Å². The van der Waals surface area contributed by atoms with E-state index in [1.165, 1.54) is 6.26 Å². The molecule has 0 aliphatic carbocycles. The van der Waals surface area contributed by atoms with Gasteiger partial charge in [0.05, 0.1) is 5.25 Å². The number of aryl methyl sites for hydroxylation is 1. The molecule has 0 radical (unpaired) electrons. The maximum absolute atomic E-state index is 11.9. The molecule has 1 aromatic heterocycles. The maximum atomic E-state index is 11.9. The minimum atomic E-state index is -3.04. The minimum Gasteiger partial charge on any atom is -0.355 e. The molecule has 1 atom stereocenters. The van der Waals surface area contributed by atoms with E-state index in [9.17, 15) is 8.42 Å². The summed E-state index contributed by atoms with van der Waals surface area (Å²) in [6.45, 7) is 3.14. The zero-order chi connectivity index (χ0) is 17.2. The number of anilines is 3. The fourth-order valence-electron chi connectivity index (χ4n) is 2.94. The molecule has 3 rings (SSSR count). The molecule has 1 aromatic carbocycles. The van der Waals surface area contributed by atoms with Gasteiger partial charge in [-0.3, -0.25) is 0 Å². The van der Waals surface area contributed by atoms with Gasteiger partial charge in [0, 0.05) is 31.1 Å². The third-order valence-corrected chi connectivity index (χ3v) is 5.77. The number of sulfone groups is 1. The Hall–Kier alpha value is -2.15. The highest BCUT2D eigenvalue weighted by Gasteiger charge is 2.28. The van der Waals surface area contributed by atoms with E-state index in [1.54, 1.807) is 0 Å². The van der Waals surface area contributed by atoms with Crippen molar-refractivity contribution in [3.05, 3.63) is 42.2 Å². The van der Waals surface area contributed by atoms with Gasteiger partial charge in [0.2, 0.25) is 0 Å². The van der Waals surface area contributed by atoms with E-state index in [4.69, 9.17) is 0 Å². The molecule has 24 heavy (non-hydrogen) atoms. The molecule has 0 spiro atoms. The highest BCUT2D eigenvalue weighted by molar-refractivity contribution is 7.91. The second-order valence-corrected chi connectivity index (χ2v) is 8.52. The molecule has 128 valence electrons. The lowest BCUT2D eigenvalue weighted by Gasteiger charge is -2.32. The molecule has 6 nitrogen and oxygen atoms in total. The first-order valence-electron chi connectivity index (χ1n) is 8.03. The monoisotopic (exact) mass is 346 g/mol.